The molecule has 0 radical (unpaired) electrons. The molecule has 1 N–H and O–H groups in total. The molecule has 0 bridgehead atoms. The Bertz CT molecular complexity index is 405. The standard InChI is InChI=1S/C15H25ClN2O2/c1-9(2)6-12-14(19)17-13(10(3)4)15(20)18(12)8-11(5)7-16/h7,9-10,12-13H,6,8H2,1-5H3,(H,17,19). The molecule has 1 saturated heterocycles. The van der Waals surface area contributed by atoms with Crippen LogP contribution in [0.25, 0.3) is 0 Å². The predicted octanol–water partition coefficient (Wildman–Crippen LogP) is 2.53. The first-order chi connectivity index (χ1) is 9.27. The van der Waals surface area contributed by atoms with E-state index in [1.165, 1.54) is 5.54 Å². The summed E-state index contributed by atoms with van der Waals surface area (Å²) in [7, 11) is 0. The van der Waals surface area contributed by atoms with Crippen LogP contribution in [0.5, 0.6) is 0 Å². The Morgan fingerprint density at radius 2 is 1.95 bits per heavy atom. The van der Waals surface area contributed by atoms with E-state index in [1.807, 2.05) is 20.8 Å². The third kappa shape index (κ3) is 3.98. The van der Waals surface area contributed by atoms with Crippen LogP contribution in [0.15, 0.2) is 11.1 Å². The van der Waals surface area contributed by atoms with E-state index in [2.05, 4.69) is 19.2 Å². The summed E-state index contributed by atoms with van der Waals surface area (Å²) in [6.07, 6.45) is 0.665. The Hall–Kier alpha value is -1.03. The summed E-state index contributed by atoms with van der Waals surface area (Å²) >= 11 is 5.71. The van der Waals surface area contributed by atoms with Crippen LogP contribution < -0.4 is 5.32 Å². The van der Waals surface area contributed by atoms with Gasteiger partial charge < -0.3 is 10.2 Å². The maximum Gasteiger partial charge on any atom is 0.246 e. The van der Waals surface area contributed by atoms with Gasteiger partial charge in [-0.3, -0.25) is 9.59 Å². The van der Waals surface area contributed by atoms with Crippen molar-refractivity contribution in [3.05, 3.63) is 11.1 Å². The van der Waals surface area contributed by atoms with E-state index in [0.717, 1.165) is 5.57 Å². The molecule has 0 aromatic heterocycles. The molecule has 1 fully saturated rings. The van der Waals surface area contributed by atoms with Gasteiger partial charge in [-0.2, -0.15) is 0 Å². The molecule has 1 aliphatic rings. The molecule has 20 heavy (non-hydrogen) atoms. The van der Waals surface area contributed by atoms with Crippen molar-refractivity contribution in [2.24, 2.45) is 11.8 Å². The van der Waals surface area contributed by atoms with E-state index in [4.69, 9.17) is 11.6 Å². The van der Waals surface area contributed by atoms with Crippen LogP contribution in [0.4, 0.5) is 0 Å². The zero-order valence-electron chi connectivity index (χ0n) is 12.9. The quantitative estimate of drug-likeness (QED) is 0.848. The Morgan fingerprint density at radius 3 is 2.40 bits per heavy atom. The SMILES string of the molecule is CC(=CCl)CN1C(=O)C(C(C)C)NC(=O)C1CC(C)C. The van der Waals surface area contributed by atoms with Gasteiger partial charge in [0.15, 0.2) is 0 Å². The van der Waals surface area contributed by atoms with Crippen LogP contribution in [0.2, 0.25) is 0 Å². The van der Waals surface area contributed by atoms with Gasteiger partial charge in [0.1, 0.15) is 12.1 Å². The van der Waals surface area contributed by atoms with Gasteiger partial charge in [-0.05, 0) is 30.8 Å². The summed E-state index contributed by atoms with van der Waals surface area (Å²) in [6, 6.07) is -0.835. The minimum absolute atomic E-state index is 0.0110. The number of nitrogens with zero attached hydrogens (tertiary/aromatic N) is 1. The minimum atomic E-state index is -0.436. The fraction of sp³-hybridized carbons (Fsp3) is 0.733. The Balaban J connectivity index is 3.03. The van der Waals surface area contributed by atoms with Crippen molar-refractivity contribution in [2.75, 3.05) is 6.54 Å². The molecular formula is C15H25ClN2O2. The molecule has 0 saturated carbocycles. The van der Waals surface area contributed by atoms with Crippen molar-refractivity contribution in [2.45, 2.75) is 53.1 Å². The van der Waals surface area contributed by atoms with Crippen LogP contribution >= 0.6 is 11.6 Å². The average Bonchev–Trinajstić information content (AvgIpc) is 2.36. The number of halogens is 1. The van der Waals surface area contributed by atoms with Crippen molar-refractivity contribution >= 4 is 23.4 Å². The molecule has 0 aromatic carbocycles. The molecule has 0 aliphatic carbocycles. The minimum Gasteiger partial charge on any atom is -0.342 e. The van der Waals surface area contributed by atoms with Gasteiger partial charge in [0.2, 0.25) is 11.8 Å². The number of carbonyl (C=O) groups excluding carboxylic acids is 2. The number of piperazine rings is 1. The molecule has 0 spiro atoms. The lowest BCUT2D eigenvalue weighted by Crippen LogP contribution is -2.65. The molecule has 0 aromatic rings. The number of nitrogens with one attached hydrogen (secondary N) is 1. The van der Waals surface area contributed by atoms with E-state index in [-0.39, 0.29) is 17.7 Å². The first-order valence-corrected chi connectivity index (χ1v) is 7.58. The summed E-state index contributed by atoms with van der Waals surface area (Å²) in [5.41, 5.74) is 2.35. The Labute approximate surface area is 126 Å². The topological polar surface area (TPSA) is 49.4 Å². The van der Waals surface area contributed by atoms with Gasteiger partial charge in [0.25, 0.3) is 0 Å². The second kappa shape index (κ2) is 7.11. The first-order valence-electron chi connectivity index (χ1n) is 7.14. The average molecular weight is 301 g/mol. The Kier molecular flexibility index (Phi) is 6.06. The number of hydrogen-bond donors (Lipinski definition) is 1. The van der Waals surface area contributed by atoms with Gasteiger partial charge in [0, 0.05) is 12.1 Å². The van der Waals surface area contributed by atoms with Crippen molar-refractivity contribution < 1.29 is 9.59 Å². The van der Waals surface area contributed by atoms with Gasteiger partial charge >= 0.3 is 0 Å². The monoisotopic (exact) mass is 300 g/mol. The third-order valence-corrected chi connectivity index (χ3v) is 3.87. The fourth-order valence-electron chi connectivity index (χ4n) is 2.41. The summed E-state index contributed by atoms with van der Waals surface area (Å²) < 4.78 is 0. The summed E-state index contributed by atoms with van der Waals surface area (Å²) in [5, 5.41) is 2.86. The van der Waals surface area contributed by atoms with Crippen molar-refractivity contribution in [1.82, 2.24) is 10.2 Å². The zero-order valence-corrected chi connectivity index (χ0v) is 13.7. The van der Waals surface area contributed by atoms with Crippen LogP contribution in [-0.2, 0) is 9.59 Å². The van der Waals surface area contributed by atoms with Gasteiger partial charge in [0.05, 0.1) is 0 Å². The van der Waals surface area contributed by atoms with Crippen molar-refractivity contribution in [3.63, 3.8) is 0 Å². The molecule has 2 atom stereocenters. The smallest absolute Gasteiger partial charge is 0.246 e. The first kappa shape index (κ1) is 17.0. The van der Waals surface area contributed by atoms with Gasteiger partial charge in [-0.15, -0.1) is 0 Å². The lowest BCUT2D eigenvalue weighted by atomic mass is 9.93. The van der Waals surface area contributed by atoms with E-state index in [9.17, 15) is 9.59 Å². The summed E-state index contributed by atoms with van der Waals surface area (Å²) in [5.74, 6) is 0.355. The molecule has 1 rings (SSSR count). The molecule has 5 heteroatoms. The Morgan fingerprint density at radius 1 is 1.35 bits per heavy atom. The van der Waals surface area contributed by atoms with E-state index in [0.29, 0.717) is 18.9 Å². The molecule has 2 unspecified atom stereocenters. The van der Waals surface area contributed by atoms with E-state index < -0.39 is 12.1 Å². The van der Waals surface area contributed by atoms with E-state index in [1.54, 1.807) is 4.90 Å². The number of hydrogen-bond acceptors (Lipinski definition) is 2. The highest BCUT2D eigenvalue weighted by Gasteiger charge is 2.41. The van der Waals surface area contributed by atoms with Crippen LogP contribution in [0.3, 0.4) is 0 Å². The number of carbonyl (C=O) groups is 2. The predicted molar refractivity (Wildman–Crippen MR) is 81.3 cm³/mol. The van der Waals surface area contributed by atoms with Crippen molar-refractivity contribution in [3.8, 4) is 0 Å². The molecule has 114 valence electrons. The zero-order chi connectivity index (χ0) is 15.4. The maximum absolute atomic E-state index is 12.6. The molecule has 1 heterocycles. The summed E-state index contributed by atoms with van der Waals surface area (Å²) in [6.45, 7) is 10.3. The molecule has 1 aliphatic heterocycles. The fourth-order valence-corrected chi connectivity index (χ4v) is 2.48. The highest BCUT2D eigenvalue weighted by atomic mass is 35.5. The second-order valence-corrected chi connectivity index (χ2v) is 6.52. The molecular weight excluding hydrogens is 276 g/mol. The molecule has 4 nitrogen and oxygen atoms in total. The maximum atomic E-state index is 12.6. The lowest BCUT2D eigenvalue weighted by molar-refractivity contribution is -0.150. The highest BCUT2D eigenvalue weighted by molar-refractivity contribution is 6.25. The number of amides is 2. The molecule has 2 amide bonds. The third-order valence-electron chi connectivity index (χ3n) is 3.49. The van der Waals surface area contributed by atoms with Gasteiger partial charge in [-0.25, -0.2) is 0 Å². The number of rotatable bonds is 5. The van der Waals surface area contributed by atoms with Crippen LogP contribution in [0.1, 0.15) is 41.0 Å². The van der Waals surface area contributed by atoms with Crippen LogP contribution in [-0.4, -0.2) is 35.3 Å². The van der Waals surface area contributed by atoms with Gasteiger partial charge in [-0.1, -0.05) is 39.3 Å². The summed E-state index contributed by atoms with van der Waals surface area (Å²) in [4.78, 5) is 26.6. The second-order valence-electron chi connectivity index (χ2n) is 6.30. The van der Waals surface area contributed by atoms with Crippen LogP contribution in [0, 0.1) is 11.8 Å². The van der Waals surface area contributed by atoms with E-state index >= 15 is 0 Å². The normalized spacial score (nSPS) is 24.6. The van der Waals surface area contributed by atoms with Crippen molar-refractivity contribution in [1.29, 1.82) is 0 Å². The largest absolute Gasteiger partial charge is 0.342 e. The highest BCUT2D eigenvalue weighted by Crippen LogP contribution is 2.21. The lowest BCUT2D eigenvalue weighted by Gasteiger charge is -2.41.